The topological polar surface area (TPSA) is 105 Å². The maximum absolute atomic E-state index is 14.0. The van der Waals surface area contributed by atoms with Gasteiger partial charge in [0.25, 0.3) is 14.2 Å². The number of carbonyl (C=O) groups excluding carboxylic acids is 1. The summed E-state index contributed by atoms with van der Waals surface area (Å²) in [5.74, 6) is -0.569. The van der Waals surface area contributed by atoms with Gasteiger partial charge >= 0.3 is 0 Å². The lowest BCUT2D eigenvalue weighted by Crippen LogP contribution is -2.67. The smallest absolute Gasteiger partial charge is 0.264 e. The Balaban J connectivity index is 1.12. The van der Waals surface area contributed by atoms with Crippen molar-refractivity contribution in [3.63, 3.8) is 0 Å². The molecule has 4 aromatic rings. The quantitative estimate of drug-likeness (QED) is 0.159. The number of aliphatic hydroxyl groups is 1. The van der Waals surface area contributed by atoms with Gasteiger partial charge in [-0.1, -0.05) is 111 Å². The third-order valence-corrected chi connectivity index (χ3v) is 19.8. The summed E-state index contributed by atoms with van der Waals surface area (Å²) in [6.07, 6.45) is 8.23. The molecule has 2 bridgehead atoms. The number of amides is 1. The Labute approximate surface area is 349 Å². The van der Waals surface area contributed by atoms with Gasteiger partial charge in [0.2, 0.25) is 10.0 Å². The number of aryl methyl sites for hydroxylation is 1. The van der Waals surface area contributed by atoms with Gasteiger partial charge in [0.05, 0.1) is 24.2 Å². The van der Waals surface area contributed by atoms with Gasteiger partial charge in [-0.2, -0.15) is 0 Å². The van der Waals surface area contributed by atoms with Gasteiger partial charge in [0, 0.05) is 41.6 Å². The van der Waals surface area contributed by atoms with Crippen molar-refractivity contribution in [1.29, 1.82) is 0 Å². The summed E-state index contributed by atoms with van der Waals surface area (Å²) in [7, 11) is -7.11. The Morgan fingerprint density at radius 3 is 2.38 bits per heavy atom. The first kappa shape index (κ1) is 40.8. The minimum atomic E-state index is -4.13. The zero-order valence-electron chi connectivity index (χ0n) is 33.7. The highest BCUT2D eigenvalue weighted by atomic mass is 35.5. The molecule has 1 spiro atoms. The second-order valence-corrected chi connectivity index (χ2v) is 24.5. The molecule has 306 valence electrons. The zero-order chi connectivity index (χ0) is 40.7. The van der Waals surface area contributed by atoms with Crippen LogP contribution in [0, 0.1) is 17.8 Å². The van der Waals surface area contributed by atoms with Crippen molar-refractivity contribution < 1.29 is 27.5 Å². The largest absolute Gasteiger partial charge is 0.490 e. The van der Waals surface area contributed by atoms with Gasteiger partial charge in [-0.05, 0) is 107 Å². The van der Waals surface area contributed by atoms with Gasteiger partial charge in [0.15, 0.2) is 0 Å². The number of fused-ring (bicyclic) bond motifs is 4. The summed E-state index contributed by atoms with van der Waals surface area (Å²) in [5, 5.41) is 14.3. The number of halogens is 1. The number of hydrogen-bond acceptors (Lipinski definition) is 7. The molecular weight excluding hydrogens is 784 g/mol. The van der Waals surface area contributed by atoms with Crippen LogP contribution in [0.4, 0.5) is 5.69 Å². The fraction of sp³-hybridized carbons (Fsp3) is 0.426. The minimum absolute atomic E-state index is 0.0483. The van der Waals surface area contributed by atoms with Crippen molar-refractivity contribution in [2.24, 2.45) is 17.8 Å². The van der Waals surface area contributed by atoms with Crippen LogP contribution in [0.2, 0.25) is 10.1 Å². The molecule has 8 nitrogen and oxygen atoms in total. The van der Waals surface area contributed by atoms with Crippen LogP contribution in [0.5, 0.6) is 5.75 Å². The molecule has 58 heavy (non-hydrogen) atoms. The number of carbonyl (C=O) groups is 1. The molecule has 0 aromatic heterocycles. The van der Waals surface area contributed by atoms with Gasteiger partial charge in [-0.3, -0.25) is 4.79 Å². The van der Waals surface area contributed by atoms with Gasteiger partial charge in [-0.15, -0.1) is 0 Å². The summed E-state index contributed by atoms with van der Waals surface area (Å²) in [6, 6.07) is 31.9. The number of sulfonamides is 1. The van der Waals surface area contributed by atoms with Gasteiger partial charge in [-0.25, -0.2) is 13.1 Å². The van der Waals surface area contributed by atoms with E-state index >= 15 is 0 Å². The number of hydrogen-bond donors (Lipinski definition) is 2. The average Bonchev–Trinajstić information content (AvgIpc) is 3.32. The minimum Gasteiger partial charge on any atom is -0.490 e. The Bertz CT molecular complexity index is 2230. The molecule has 4 aliphatic rings. The van der Waals surface area contributed by atoms with Gasteiger partial charge in [0.1, 0.15) is 5.75 Å². The van der Waals surface area contributed by atoms with Gasteiger partial charge < -0.3 is 19.2 Å². The number of nitrogens with one attached hydrogen (secondary N) is 1. The summed E-state index contributed by atoms with van der Waals surface area (Å²) >= 11 is 6.46. The first-order valence-electron chi connectivity index (χ1n) is 20.7. The molecular formula is C47H55ClN2O6SSi. The van der Waals surface area contributed by atoms with Crippen molar-refractivity contribution in [3.8, 4) is 5.75 Å². The molecule has 5 atom stereocenters. The van der Waals surface area contributed by atoms with E-state index in [0.717, 1.165) is 53.2 Å². The zero-order valence-corrected chi connectivity index (χ0v) is 36.3. The van der Waals surface area contributed by atoms with E-state index in [1.165, 1.54) is 11.1 Å². The SMILES string of the molecule is CC(C)(C)[Si](OC[C@H]1C/C=C/[C@@H](O)[C@@H]2CC[C@H]2CN2C[C@@]3(CCCc4cc(Cl)ccc43)COc3ccc(cc32)C(=O)NS(=O)(=O)C1)(c1ccccc1)c1ccccc1. The van der Waals surface area contributed by atoms with E-state index in [9.17, 15) is 18.3 Å². The highest BCUT2D eigenvalue weighted by molar-refractivity contribution is 7.90. The summed E-state index contributed by atoms with van der Waals surface area (Å²) in [6.45, 7) is 8.54. The molecule has 0 saturated heterocycles. The number of nitrogens with zero attached hydrogens (tertiary/aromatic N) is 1. The van der Waals surface area contributed by atoms with Crippen molar-refractivity contribution in [2.45, 2.75) is 75.9 Å². The van der Waals surface area contributed by atoms with E-state index in [0.29, 0.717) is 31.9 Å². The Morgan fingerprint density at radius 1 is 0.983 bits per heavy atom. The van der Waals surface area contributed by atoms with Crippen LogP contribution < -0.4 is 24.7 Å². The third-order valence-electron chi connectivity index (χ3n) is 13.1. The fourth-order valence-corrected chi connectivity index (χ4v) is 16.3. The van der Waals surface area contributed by atoms with E-state index in [4.69, 9.17) is 20.8 Å². The maximum Gasteiger partial charge on any atom is 0.264 e. The first-order valence-corrected chi connectivity index (χ1v) is 24.7. The standard InChI is InChI=1S/C47H55ClN2O6SSi/c1-46(2,3)58(38-14-6-4-7-15-38,39-16-8-5-9-17-39)56-29-33-12-10-18-43(51)40-22-19-36(40)28-50-31-47(25-11-13-34-26-37(48)21-23-41(34)47)32-55-44-24-20-35(27-42(44)50)45(52)49-57(53,54)30-33/h4-10,14-18,20-21,23-24,26-27,33,36,40,43,51H,11-13,19,22,25,28-32H2,1-3H3,(H,49,52)/b18-10+/t33-,36+,40-,43-,47+/m1/s1. The Morgan fingerprint density at radius 2 is 1.71 bits per heavy atom. The molecule has 1 amide bonds. The van der Waals surface area contributed by atoms with Crippen molar-refractivity contribution >= 4 is 51.9 Å². The van der Waals surface area contributed by atoms with E-state index < -0.39 is 36.3 Å². The van der Waals surface area contributed by atoms with Crippen LogP contribution >= 0.6 is 11.6 Å². The van der Waals surface area contributed by atoms with Crippen LogP contribution in [0.25, 0.3) is 0 Å². The third kappa shape index (κ3) is 8.03. The first-order chi connectivity index (χ1) is 27.8. The molecule has 8 rings (SSSR count). The Hall–Kier alpha value is -3.93. The summed E-state index contributed by atoms with van der Waals surface area (Å²) < 4.78 is 44.3. The van der Waals surface area contributed by atoms with Crippen molar-refractivity contribution in [2.75, 3.05) is 37.0 Å². The average molecular weight is 840 g/mol. The second kappa shape index (κ2) is 16.3. The van der Waals surface area contributed by atoms with E-state index in [-0.39, 0.29) is 40.2 Å². The van der Waals surface area contributed by atoms with Crippen LogP contribution in [0.15, 0.2) is 109 Å². The number of aliphatic hydroxyl groups excluding tert-OH is 1. The lowest BCUT2D eigenvalue weighted by molar-refractivity contribution is 0.0455. The van der Waals surface area contributed by atoms with Crippen molar-refractivity contribution in [1.82, 2.24) is 4.72 Å². The highest BCUT2D eigenvalue weighted by Crippen LogP contribution is 2.47. The molecule has 2 aliphatic heterocycles. The Kier molecular flexibility index (Phi) is 11.4. The monoisotopic (exact) mass is 838 g/mol. The molecule has 1 saturated carbocycles. The fourth-order valence-electron chi connectivity index (χ4n) is 10.1. The van der Waals surface area contributed by atoms with Crippen LogP contribution in [0.1, 0.15) is 74.4 Å². The number of anilines is 1. The molecule has 2 heterocycles. The number of rotatable bonds is 5. The predicted molar refractivity (Wildman–Crippen MR) is 235 cm³/mol. The van der Waals surface area contributed by atoms with Crippen molar-refractivity contribution in [3.05, 3.63) is 131 Å². The number of benzene rings is 4. The lowest BCUT2D eigenvalue weighted by atomic mass is 9.68. The number of ether oxygens (including phenoxy) is 1. The lowest BCUT2D eigenvalue weighted by Gasteiger charge is -2.45. The van der Waals surface area contributed by atoms with E-state index in [1.807, 2.05) is 54.6 Å². The van der Waals surface area contributed by atoms with Crippen LogP contribution in [0.3, 0.4) is 0 Å². The number of allylic oxidation sites excluding steroid dienone is 1. The normalized spacial score (nSPS) is 26.6. The van der Waals surface area contributed by atoms with Crippen LogP contribution in [-0.2, 0) is 26.3 Å². The molecule has 2 N–H and O–H groups in total. The predicted octanol–water partition coefficient (Wildman–Crippen LogP) is 7.41. The molecule has 11 heteroatoms. The second-order valence-electron chi connectivity index (χ2n) is 18.0. The van der Waals surface area contributed by atoms with E-state index in [2.05, 4.69) is 66.8 Å². The molecule has 0 unspecified atom stereocenters. The highest BCUT2D eigenvalue weighted by Gasteiger charge is 2.51. The van der Waals surface area contributed by atoms with E-state index in [1.54, 1.807) is 18.2 Å². The maximum atomic E-state index is 14.0. The molecule has 0 radical (unpaired) electrons. The van der Waals surface area contributed by atoms with Crippen LogP contribution in [-0.4, -0.2) is 65.9 Å². The summed E-state index contributed by atoms with van der Waals surface area (Å²) in [4.78, 5) is 16.3. The molecule has 4 aromatic carbocycles. The summed E-state index contributed by atoms with van der Waals surface area (Å²) in [5.41, 5.74) is 3.20. The molecule has 2 aliphatic carbocycles. The molecule has 1 fully saturated rings.